The summed E-state index contributed by atoms with van der Waals surface area (Å²) in [5.74, 6) is 0.102. The summed E-state index contributed by atoms with van der Waals surface area (Å²) in [6.45, 7) is 4.19. The molecule has 92 valence electrons. The Hall–Kier alpha value is -1.62. The normalized spacial score (nSPS) is 14.4. The molecule has 5 heteroatoms. The third-order valence-corrected chi connectivity index (χ3v) is 3.05. The van der Waals surface area contributed by atoms with Crippen LogP contribution in [-0.4, -0.2) is 40.7 Å². The minimum atomic E-state index is 0.102. The first-order valence-corrected chi connectivity index (χ1v) is 5.70. The van der Waals surface area contributed by atoms with Gasteiger partial charge < -0.3 is 10.2 Å². The van der Waals surface area contributed by atoms with Crippen molar-refractivity contribution in [3.05, 3.63) is 29.1 Å². The monoisotopic (exact) mass is 234 g/mol. The van der Waals surface area contributed by atoms with E-state index >= 15 is 0 Å². The van der Waals surface area contributed by atoms with Gasteiger partial charge in [0.25, 0.3) is 0 Å². The second-order valence-electron chi connectivity index (χ2n) is 4.52. The third-order valence-electron chi connectivity index (χ3n) is 3.05. The van der Waals surface area contributed by atoms with Crippen LogP contribution < -0.4 is 5.32 Å². The number of nitrogens with zero attached hydrogens (tertiary/aromatic N) is 3. The number of hydrogen-bond acceptors (Lipinski definition) is 3. The van der Waals surface area contributed by atoms with Gasteiger partial charge >= 0.3 is 0 Å². The first kappa shape index (κ1) is 11.9. The lowest BCUT2D eigenvalue weighted by atomic mass is 10.0. The maximum atomic E-state index is 12.1. The average molecular weight is 234 g/mol. The van der Waals surface area contributed by atoms with E-state index in [9.17, 15) is 4.79 Å². The van der Waals surface area contributed by atoms with Gasteiger partial charge in [-0.3, -0.25) is 9.48 Å². The van der Waals surface area contributed by atoms with Crippen LogP contribution in [-0.2, 0) is 18.4 Å². The summed E-state index contributed by atoms with van der Waals surface area (Å²) in [6.07, 6.45) is 3.72. The predicted octanol–water partition coefficient (Wildman–Crippen LogP) is 0.298. The Morgan fingerprint density at radius 1 is 1.59 bits per heavy atom. The average Bonchev–Trinajstić information content (AvgIpc) is 2.60. The molecule has 1 amide bonds. The molecule has 1 fully saturated rings. The fourth-order valence-corrected chi connectivity index (χ4v) is 1.85. The topological polar surface area (TPSA) is 50.2 Å². The van der Waals surface area contributed by atoms with Crippen LogP contribution in [0.15, 0.2) is 23.5 Å². The number of carbonyl (C=O) groups excluding carboxylic acids is 1. The molecule has 0 spiro atoms. The highest BCUT2D eigenvalue weighted by atomic mass is 16.2. The van der Waals surface area contributed by atoms with Crippen molar-refractivity contribution in [2.75, 3.05) is 20.1 Å². The van der Waals surface area contributed by atoms with Crippen molar-refractivity contribution < 1.29 is 4.79 Å². The minimum absolute atomic E-state index is 0.102. The molecule has 0 unspecified atom stereocenters. The van der Waals surface area contributed by atoms with Gasteiger partial charge in [-0.25, -0.2) is 0 Å². The van der Waals surface area contributed by atoms with E-state index in [1.165, 1.54) is 5.57 Å². The van der Waals surface area contributed by atoms with Gasteiger partial charge in [0.1, 0.15) is 0 Å². The largest absolute Gasteiger partial charge is 0.338 e. The van der Waals surface area contributed by atoms with Crippen molar-refractivity contribution in [3.8, 4) is 0 Å². The van der Waals surface area contributed by atoms with E-state index < -0.39 is 0 Å². The van der Waals surface area contributed by atoms with Crippen molar-refractivity contribution in [2.24, 2.45) is 7.05 Å². The molecule has 5 nitrogen and oxygen atoms in total. The molecular weight excluding hydrogens is 216 g/mol. The second-order valence-corrected chi connectivity index (χ2v) is 4.52. The van der Waals surface area contributed by atoms with Gasteiger partial charge in [-0.2, -0.15) is 5.10 Å². The van der Waals surface area contributed by atoms with Gasteiger partial charge in [0, 0.05) is 51.1 Å². The Balaban J connectivity index is 2.00. The SMILES string of the molecule is CC(C(=O)N(C)Cc1cnn(C)c1)=C1CNC1. The summed E-state index contributed by atoms with van der Waals surface area (Å²) in [5, 5.41) is 7.24. The molecule has 0 radical (unpaired) electrons. The molecule has 2 rings (SSSR count). The van der Waals surface area contributed by atoms with Gasteiger partial charge in [-0.15, -0.1) is 0 Å². The molecule has 2 heterocycles. The number of likely N-dealkylation sites (N-methyl/N-ethyl adjacent to an activating group) is 1. The maximum absolute atomic E-state index is 12.1. The number of aryl methyl sites for hydroxylation is 1. The number of amides is 1. The van der Waals surface area contributed by atoms with E-state index in [4.69, 9.17) is 0 Å². The molecule has 1 aromatic heterocycles. The number of hydrogen-bond donors (Lipinski definition) is 1. The van der Waals surface area contributed by atoms with Crippen molar-refractivity contribution in [3.63, 3.8) is 0 Å². The van der Waals surface area contributed by atoms with Crippen LogP contribution in [0.4, 0.5) is 0 Å². The van der Waals surface area contributed by atoms with E-state index in [-0.39, 0.29) is 5.91 Å². The van der Waals surface area contributed by atoms with Crippen LogP contribution in [0.1, 0.15) is 12.5 Å². The molecule has 1 saturated heterocycles. The predicted molar refractivity (Wildman–Crippen MR) is 65.3 cm³/mol. The molecular formula is C12H18N4O. The van der Waals surface area contributed by atoms with Crippen LogP contribution in [0.5, 0.6) is 0 Å². The molecule has 0 bridgehead atoms. The van der Waals surface area contributed by atoms with Gasteiger partial charge in [-0.05, 0) is 12.5 Å². The summed E-state index contributed by atoms with van der Waals surface area (Å²) in [6, 6.07) is 0. The zero-order valence-corrected chi connectivity index (χ0v) is 10.5. The van der Waals surface area contributed by atoms with E-state index in [1.807, 2.05) is 27.2 Å². The summed E-state index contributed by atoms with van der Waals surface area (Å²) >= 11 is 0. The zero-order chi connectivity index (χ0) is 12.4. The fourth-order valence-electron chi connectivity index (χ4n) is 1.85. The quantitative estimate of drug-likeness (QED) is 0.765. The van der Waals surface area contributed by atoms with E-state index in [1.54, 1.807) is 15.8 Å². The molecule has 0 aliphatic carbocycles. The lowest BCUT2D eigenvalue weighted by Gasteiger charge is -2.24. The Labute approximate surface area is 101 Å². The highest BCUT2D eigenvalue weighted by Crippen LogP contribution is 2.12. The number of carbonyl (C=O) groups is 1. The van der Waals surface area contributed by atoms with Gasteiger partial charge in [0.05, 0.1) is 6.20 Å². The van der Waals surface area contributed by atoms with Crippen molar-refractivity contribution >= 4 is 5.91 Å². The highest BCUT2D eigenvalue weighted by Gasteiger charge is 2.19. The van der Waals surface area contributed by atoms with Crippen LogP contribution >= 0.6 is 0 Å². The lowest BCUT2D eigenvalue weighted by Crippen LogP contribution is -2.38. The molecule has 0 saturated carbocycles. The summed E-state index contributed by atoms with van der Waals surface area (Å²) in [4.78, 5) is 13.8. The molecule has 17 heavy (non-hydrogen) atoms. The molecule has 0 aromatic carbocycles. The zero-order valence-electron chi connectivity index (χ0n) is 10.5. The van der Waals surface area contributed by atoms with E-state index in [0.717, 1.165) is 24.2 Å². The molecule has 1 aliphatic heterocycles. The Bertz CT molecular complexity index is 455. The Morgan fingerprint density at radius 2 is 2.29 bits per heavy atom. The smallest absolute Gasteiger partial charge is 0.249 e. The first-order chi connectivity index (χ1) is 8.08. The Kier molecular flexibility index (Phi) is 3.28. The van der Waals surface area contributed by atoms with Gasteiger partial charge in [-0.1, -0.05) is 0 Å². The number of aromatic nitrogens is 2. The molecule has 1 aliphatic rings. The fraction of sp³-hybridized carbons (Fsp3) is 0.500. The highest BCUT2D eigenvalue weighted by molar-refractivity contribution is 5.93. The third kappa shape index (κ3) is 2.55. The second kappa shape index (κ2) is 4.71. The molecule has 0 atom stereocenters. The molecule has 1 aromatic rings. The van der Waals surface area contributed by atoms with Crippen molar-refractivity contribution in [1.29, 1.82) is 0 Å². The number of rotatable bonds is 3. The first-order valence-electron chi connectivity index (χ1n) is 5.70. The number of nitrogens with one attached hydrogen (secondary N) is 1. The van der Waals surface area contributed by atoms with E-state index in [0.29, 0.717) is 6.54 Å². The summed E-state index contributed by atoms with van der Waals surface area (Å²) in [7, 11) is 3.70. The summed E-state index contributed by atoms with van der Waals surface area (Å²) in [5.41, 5.74) is 3.14. The van der Waals surface area contributed by atoms with Crippen LogP contribution in [0, 0.1) is 0 Å². The Morgan fingerprint density at radius 3 is 2.76 bits per heavy atom. The van der Waals surface area contributed by atoms with Crippen LogP contribution in [0.2, 0.25) is 0 Å². The maximum Gasteiger partial charge on any atom is 0.249 e. The minimum Gasteiger partial charge on any atom is -0.338 e. The standard InChI is InChI=1S/C12H18N4O/c1-9(11-5-13-6-11)12(17)15(2)7-10-4-14-16(3)8-10/h4,8,13H,5-7H2,1-3H3. The van der Waals surface area contributed by atoms with Crippen molar-refractivity contribution in [2.45, 2.75) is 13.5 Å². The van der Waals surface area contributed by atoms with Crippen LogP contribution in [0.25, 0.3) is 0 Å². The summed E-state index contributed by atoms with van der Waals surface area (Å²) < 4.78 is 1.74. The molecule has 1 N–H and O–H groups in total. The lowest BCUT2D eigenvalue weighted by molar-refractivity contribution is -0.126. The van der Waals surface area contributed by atoms with Crippen LogP contribution in [0.3, 0.4) is 0 Å². The van der Waals surface area contributed by atoms with E-state index in [2.05, 4.69) is 10.4 Å². The van der Waals surface area contributed by atoms with Gasteiger partial charge in [0.2, 0.25) is 5.91 Å². The van der Waals surface area contributed by atoms with Crippen molar-refractivity contribution in [1.82, 2.24) is 20.0 Å². The van der Waals surface area contributed by atoms with Gasteiger partial charge in [0.15, 0.2) is 0 Å².